The largest absolute Gasteiger partial charge is 0.319 e. The number of hydrogen-bond donors (Lipinski definition) is 2. The van der Waals surface area contributed by atoms with Crippen LogP contribution in [-0.2, 0) is 4.79 Å². The number of hydrazone groups is 1. The van der Waals surface area contributed by atoms with Gasteiger partial charge in [0.25, 0.3) is 17.4 Å². The Morgan fingerprint density at radius 1 is 1.00 bits per heavy atom. The molecular weight excluding hydrogens is 474 g/mol. The van der Waals surface area contributed by atoms with Crippen molar-refractivity contribution in [2.75, 3.05) is 15.8 Å². The van der Waals surface area contributed by atoms with E-state index in [0.29, 0.717) is 21.6 Å². The van der Waals surface area contributed by atoms with Crippen LogP contribution in [-0.4, -0.2) is 26.4 Å². The molecular formula is C26H21N7O2S. The highest BCUT2D eigenvalue weighted by Gasteiger charge is 2.29. The fourth-order valence-electron chi connectivity index (χ4n) is 4.20. The minimum absolute atomic E-state index is 0.0403. The van der Waals surface area contributed by atoms with Crippen LogP contribution in [0.5, 0.6) is 0 Å². The number of hydrogen-bond acceptors (Lipinski definition) is 8. The molecule has 0 spiro atoms. The number of nitrogens with zero attached hydrogens (tertiary/aromatic N) is 5. The van der Waals surface area contributed by atoms with Gasteiger partial charge in [-0.1, -0.05) is 35.9 Å². The monoisotopic (exact) mass is 495 g/mol. The molecule has 0 saturated heterocycles. The second kappa shape index (κ2) is 8.28. The van der Waals surface area contributed by atoms with Gasteiger partial charge in [0.05, 0.1) is 5.69 Å². The van der Waals surface area contributed by atoms with Crippen molar-refractivity contribution in [2.24, 2.45) is 5.10 Å². The normalized spacial score (nSPS) is 12.9. The molecule has 9 nitrogen and oxygen atoms in total. The smallest absolute Gasteiger partial charge is 0.294 e. The van der Waals surface area contributed by atoms with Crippen molar-refractivity contribution in [2.45, 2.75) is 20.8 Å². The highest BCUT2D eigenvalue weighted by Crippen LogP contribution is 2.35. The van der Waals surface area contributed by atoms with E-state index in [9.17, 15) is 9.59 Å². The number of amides is 1. The molecule has 0 fully saturated rings. The first kappa shape index (κ1) is 21.9. The molecule has 1 aliphatic rings. The van der Waals surface area contributed by atoms with Gasteiger partial charge >= 0.3 is 0 Å². The summed E-state index contributed by atoms with van der Waals surface area (Å²) in [6.45, 7) is 5.90. The van der Waals surface area contributed by atoms with Crippen molar-refractivity contribution in [3.63, 3.8) is 0 Å². The summed E-state index contributed by atoms with van der Waals surface area (Å²) in [6, 6.07) is 18.7. The average Bonchev–Trinajstić information content (AvgIpc) is 3.23. The molecule has 2 N–H and O–H groups in total. The lowest BCUT2D eigenvalue weighted by molar-refractivity contribution is -0.110. The van der Waals surface area contributed by atoms with Crippen LogP contribution in [0.3, 0.4) is 0 Å². The van der Waals surface area contributed by atoms with Crippen molar-refractivity contribution in [3.05, 3.63) is 87.8 Å². The minimum atomic E-state index is -0.486. The number of thiophene rings is 1. The van der Waals surface area contributed by atoms with Crippen molar-refractivity contribution < 1.29 is 4.79 Å². The molecule has 10 heteroatoms. The number of fused-ring (bicyclic) bond motifs is 4. The summed E-state index contributed by atoms with van der Waals surface area (Å²) in [6.07, 6.45) is 0. The summed E-state index contributed by atoms with van der Waals surface area (Å²) < 4.78 is 1.73. The standard InChI is InChI=1S/C26H21N7O2S/c1-14-9-11-18(12-10-14)32-26-29-20-19-15(2)13-16(3)27-24(19)36-21(20)25(35)33(26)31-22(30-32)23(34)28-17-7-5-4-6-8-17/h4-13H,1-3H3,(H,28,34)(H,30,31). The van der Waals surface area contributed by atoms with Crippen LogP contribution in [0.25, 0.3) is 20.4 Å². The number of benzene rings is 2. The van der Waals surface area contributed by atoms with Gasteiger partial charge in [0.2, 0.25) is 5.84 Å². The lowest BCUT2D eigenvalue weighted by Gasteiger charge is -2.28. The summed E-state index contributed by atoms with van der Waals surface area (Å²) in [5.74, 6) is -0.269. The number of carbonyl (C=O) groups excluding carboxylic acids is 1. The SMILES string of the molecule is Cc1ccc(N2N=C(C(=O)Nc3ccccc3)Nn3c2nc2c(sc4nc(C)cc(C)c42)c3=O)cc1. The molecule has 0 bridgehead atoms. The molecule has 6 rings (SSSR count). The predicted molar refractivity (Wildman–Crippen MR) is 144 cm³/mol. The van der Waals surface area contributed by atoms with Crippen molar-refractivity contribution >= 4 is 60.8 Å². The summed E-state index contributed by atoms with van der Waals surface area (Å²) in [5.41, 5.74) is 7.35. The van der Waals surface area contributed by atoms with Crippen molar-refractivity contribution in [3.8, 4) is 0 Å². The Labute approximate surface area is 209 Å². The van der Waals surface area contributed by atoms with Gasteiger partial charge in [-0.15, -0.1) is 16.4 Å². The second-order valence-corrected chi connectivity index (χ2v) is 9.62. The lowest BCUT2D eigenvalue weighted by atomic mass is 10.1. The van der Waals surface area contributed by atoms with Crippen LogP contribution in [0.15, 0.2) is 70.6 Å². The maximum atomic E-state index is 13.7. The van der Waals surface area contributed by atoms with E-state index < -0.39 is 5.91 Å². The van der Waals surface area contributed by atoms with E-state index in [2.05, 4.69) is 20.8 Å². The number of para-hydroxylation sites is 1. The number of amidine groups is 1. The van der Waals surface area contributed by atoms with E-state index in [1.807, 2.05) is 69.3 Å². The number of nitrogens with one attached hydrogen (secondary N) is 2. The number of carbonyl (C=O) groups is 1. The topological polar surface area (TPSA) is 105 Å². The Morgan fingerprint density at radius 3 is 2.50 bits per heavy atom. The number of aryl methyl sites for hydroxylation is 3. The first-order chi connectivity index (χ1) is 17.4. The molecule has 36 heavy (non-hydrogen) atoms. The zero-order valence-electron chi connectivity index (χ0n) is 19.7. The number of rotatable bonds is 3. The molecule has 0 radical (unpaired) electrons. The molecule has 0 atom stereocenters. The summed E-state index contributed by atoms with van der Waals surface area (Å²) in [7, 11) is 0. The first-order valence-electron chi connectivity index (χ1n) is 11.3. The highest BCUT2D eigenvalue weighted by atomic mass is 32.1. The number of anilines is 3. The van der Waals surface area contributed by atoms with E-state index in [1.165, 1.54) is 21.0 Å². The van der Waals surface area contributed by atoms with Gasteiger partial charge in [-0.3, -0.25) is 15.0 Å². The van der Waals surface area contributed by atoms with Gasteiger partial charge in [0.15, 0.2) is 0 Å². The van der Waals surface area contributed by atoms with Crippen molar-refractivity contribution in [1.29, 1.82) is 0 Å². The van der Waals surface area contributed by atoms with Gasteiger partial charge in [-0.25, -0.2) is 9.97 Å². The Morgan fingerprint density at radius 2 is 1.75 bits per heavy atom. The zero-order valence-corrected chi connectivity index (χ0v) is 20.6. The van der Waals surface area contributed by atoms with Gasteiger partial charge in [-0.05, 0) is 56.7 Å². The third kappa shape index (κ3) is 3.59. The van der Waals surface area contributed by atoms with Crippen LogP contribution in [0, 0.1) is 20.8 Å². The van der Waals surface area contributed by atoms with E-state index in [1.54, 1.807) is 12.1 Å². The Bertz CT molecular complexity index is 1760. The summed E-state index contributed by atoms with van der Waals surface area (Å²) in [5, 5.41) is 9.73. The van der Waals surface area contributed by atoms with Gasteiger partial charge in [-0.2, -0.15) is 9.69 Å². The molecule has 0 saturated carbocycles. The van der Waals surface area contributed by atoms with Gasteiger partial charge in [0, 0.05) is 16.8 Å². The molecule has 0 aliphatic carbocycles. The van der Waals surface area contributed by atoms with Crippen LogP contribution in [0.1, 0.15) is 16.8 Å². The fraction of sp³-hybridized carbons (Fsp3) is 0.115. The Kier molecular flexibility index (Phi) is 5.04. The predicted octanol–water partition coefficient (Wildman–Crippen LogP) is 4.58. The molecule has 1 amide bonds. The van der Waals surface area contributed by atoms with E-state index in [4.69, 9.17) is 4.98 Å². The Balaban J connectivity index is 1.55. The van der Waals surface area contributed by atoms with Gasteiger partial charge in [0.1, 0.15) is 15.0 Å². The van der Waals surface area contributed by atoms with Gasteiger partial charge < -0.3 is 5.32 Å². The second-order valence-electron chi connectivity index (χ2n) is 8.62. The first-order valence-corrected chi connectivity index (χ1v) is 12.1. The lowest BCUT2D eigenvalue weighted by Crippen LogP contribution is -2.46. The molecule has 2 aromatic carbocycles. The van der Waals surface area contributed by atoms with E-state index in [0.717, 1.165) is 27.0 Å². The average molecular weight is 496 g/mol. The van der Waals surface area contributed by atoms with Crippen molar-refractivity contribution in [1.82, 2.24) is 14.6 Å². The molecule has 178 valence electrons. The quantitative estimate of drug-likeness (QED) is 0.380. The number of aromatic nitrogens is 3. The third-order valence-electron chi connectivity index (χ3n) is 5.90. The fourth-order valence-corrected chi connectivity index (χ4v) is 5.37. The summed E-state index contributed by atoms with van der Waals surface area (Å²) >= 11 is 1.29. The summed E-state index contributed by atoms with van der Waals surface area (Å²) in [4.78, 5) is 37.1. The molecule has 5 aromatic rings. The maximum absolute atomic E-state index is 13.7. The zero-order chi connectivity index (χ0) is 25.0. The molecule has 1 aliphatic heterocycles. The van der Waals surface area contributed by atoms with Crippen LogP contribution in [0.4, 0.5) is 17.3 Å². The maximum Gasteiger partial charge on any atom is 0.294 e. The van der Waals surface area contributed by atoms with E-state index in [-0.39, 0.29) is 17.3 Å². The molecule has 3 aromatic heterocycles. The molecule has 0 unspecified atom stereocenters. The highest BCUT2D eigenvalue weighted by molar-refractivity contribution is 7.25. The van der Waals surface area contributed by atoms with E-state index >= 15 is 0 Å². The Hall–Kier alpha value is -4.57. The van der Waals surface area contributed by atoms with Crippen LogP contribution < -0.4 is 21.3 Å². The van der Waals surface area contributed by atoms with Crippen LogP contribution in [0.2, 0.25) is 0 Å². The minimum Gasteiger partial charge on any atom is -0.319 e. The van der Waals surface area contributed by atoms with Crippen LogP contribution >= 0.6 is 11.3 Å². The number of pyridine rings is 1. The molecule has 4 heterocycles. The third-order valence-corrected chi connectivity index (χ3v) is 6.96.